The van der Waals surface area contributed by atoms with Crippen molar-refractivity contribution in [2.75, 3.05) is 6.54 Å². The lowest BCUT2D eigenvalue weighted by Crippen LogP contribution is -2.45. The number of amides is 2. The molecule has 0 aromatic carbocycles. The van der Waals surface area contributed by atoms with Crippen LogP contribution in [0.2, 0.25) is 0 Å². The molecule has 0 saturated heterocycles. The van der Waals surface area contributed by atoms with Crippen LogP contribution in [0, 0.1) is 6.92 Å². The van der Waals surface area contributed by atoms with Crippen molar-refractivity contribution in [2.45, 2.75) is 58.8 Å². The SMILES string of the molecule is [CH2]C(CNC(=O)OC(C)(C)C)NC(=O)OC(C)(C)C. The number of hydrogen-bond acceptors (Lipinski definition) is 4. The fourth-order valence-corrected chi connectivity index (χ4v) is 1.05. The number of ether oxygens (including phenoxy) is 2. The van der Waals surface area contributed by atoms with Gasteiger partial charge < -0.3 is 20.1 Å². The highest BCUT2D eigenvalue weighted by molar-refractivity contribution is 5.69. The smallest absolute Gasteiger partial charge is 0.407 e. The molecule has 6 nitrogen and oxygen atoms in total. The lowest BCUT2D eigenvalue weighted by atomic mass is 10.2. The third-order valence-electron chi connectivity index (χ3n) is 1.61. The van der Waals surface area contributed by atoms with E-state index >= 15 is 0 Å². The summed E-state index contributed by atoms with van der Waals surface area (Å²) in [5.41, 5.74) is -1.12. The van der Waals surface area contributed by atoms with Gasteiger partial charge in [0.1, 0.15) is 11.2 Å². The van der Waals surface area contributed by atoms with E-state index in [9.17, 15) is 9.59 Å². The molecule has 0 aliphatic rings. The Morgan fingerprint density at radius 1 is 1.00 bits per heavy atom. The summed E-state index contributed by atoms with van der Waals surface area (Å²) in [7, 11) is 0. The van der Waals surface area contributed by atoms with Crippen LogP contribution in [0.1, 0.15) is 41.5 Å². The summed E-state index contributed by atoms with van der Waals surface area (Å²) in [5.74, 6) is 0. The van der Waals surface area contributed by atoms with Crippen molar-refractivity contribution in [1.29, 1.82) is 0 Å². The highest BCUT2D eigenvalue weighted by Crippen LogP contribution is 2.07. The van der Waals surface area contributed by atoms with E-state index in [1.807, 2.05) is 0 Å². The minimum absolute atomic E-state index is 0.161. The topological polar surface area (TPSA) is 76.7 Å². The van der Waals surface area contributed by atoms with Gasteiger partial charge in [-0.3, -0.25) is 0 Å². The van der Waals surface area contributed by atoms with Crippen LogP contribution in [0.25, 0.3) is 0 Å². The van der Waals surface area contributed by atoms with Gasteiger partial charge >= 0.3 is 12.2 Å². The van der Waals surface area contributed by atoms with Gasteiger partial charge in [-0.25, -0.2) is 9.59 Å². The molecule has 0 aromatic heterocycles. The average Bonchev–Trinajstić information content (AvgIpc) is 2.08. The molecule has 0 bridgehead atoms. The summed E-state index contributed by atoms with van der Waals surface area (Å²) >= 11 is 0. The molecule has 2 amide bonds. The van der Waals surface area contributed by atoms with E-state index in [-0.39, 0.29) is 6.54 Å². The standard InChI is InChI=1S/C13H25N2O4/c1-9(15-11(17)19-13(5,6)7)8-14-10(16)18-12(2,3)4/h9H,1,8H2,2-7H3,(H,14,16)(H,15,17). The van der Waals surface area contributed by atoms with Crippen LogP contribution in [0.4, 0.5) is 9.59 Å². The third-order valence-corrected chi connectivity index (χ3v) is 1.61. The molecule has 0 aliphatic carbocycles. The van der Waals surface area contributed by atoms with Gasteiger partial charge in [-0.15, -0.1) is 0 Å². The summed E-state index contributed by atoms with van der Waals surface area (Å²) in [6.45, 7) is 14.5. The Balaban J connectivity index is 3.96. The van der Waals surface area contributed by atoms with E-state index in [4.69, 9.17) is 9.47 Å². The first kappa shape index (κ1) is 17.5. The van der Waals surface area contributed by atoms with Crippen LogP contribution in [0.15, 0.2) is 0 Å². The number of rotatable bonds is 3. The molecule has 19 heavy (non-hydrogen) atoms. The number of carbonyl (C=O) groups excluding carboxylic acids is 2. The molecule has 0 rings (SSSR count). The monoisotopic (exact) mass is 273 g/mol. The molecule has 0 heterocycles. The molecule has 0 aliphatic heterocycles. The summed E-state index contributed by atoms with van der Waals surface area (Å²) in [6.07, 6.45) is -1.12. The molecule has 0 aromatic rings. The number of alkyl carbamates (subject to hydrolysis) is 2. The van der Waals surface area contributed by atoms with Crippen molar-refractivity contribution >= 4 is 12.2 Å². The summed E-state index contributed by atoms with van der Waals surface area (Å²) in [4.78, 5) is 22.8. The minimum atomic E-state index is -0.571. The second-order valence-electron chi connectivity index (χ2n) is 6.23. The normalized spacial score (nSPS) is 13.4. The molecule has 0 spiro atoms. The second-order valence-corrected chi connectivity index (χ2v) is 6.23. The molecule has 111 valence electrons. The average molecular weight is 273 g/mol. The third kappa shape index (κ3) is 11.4. The lowest BCUT2D eigenvalue weighted by Gasteiger charge is -2.23. The summed E-state index contributed by atoms with van der Waals surface area (Å²) < 4.78 is 10.1. The molecular formula is C13H25N2O4. The maximum Gasteiger partial charge on any atom is 0.407 e. The van der Waals surface area contributed by atoms with E-state index in [0.717, 1.165) is 0 Å². The van der Waals surface area contributed by atoms with Gasteiger partial charge in [0, 0.05) is 12.6 Å². The van der Waals surface area contributed by atoms with Crippen LogP contribution < -0.4 is 10.6 Å². The molecule has 0 saturated carbocycles. The second kappa shape index (κ2) is 6.63. The Morgan fingerprint density at radius 3 is 1.84 bits per heavy atom. The maximum absolute atomic E-state index is 11.4. The Labute approximate surface area is 115 Å². The quantitative estimate of drug-likeness (QED) is 0.826. The number of carbonyl (C=O) groups is 2. The van der Waals surface area contributed by atoms with Crippen molar-refractivity contribution in [2.24, 2.45) is 0 Å². The van der Waals surface area contributed by atoms with E-state index in [2.05, 4.69) is 17.6 Å². The molecule has 2 N–H and O–H groups in total. The lowest BCUT2D eigenvalue weighted by molar-refractivity contribution is 0.0474. The number of hydrogen-bond donors (Lipinski definition) is 2. The van der Waals surface area contributed by atoms with Crippen LogP contribution in [-0.2, 0) is 9.47 Å². The van der Waals surface area contributed by atoms with Crippen LogP contribution >= 0.6 is 0 Å². The highest BCUT2D eigenvalue weighted by atomic mass is 16.6. The van der Waals surface area contributed by atoms with Crippen LogP contribution in [-0.4, -0.2) is 36.0 Å². The zero-order chi connectivity index (χ0) is 15.3. The Bertz CT molecular complexity index is 316. The molecule has 0 fully saturated rings. The van der Waals surface area contributed by atoms with Gasteiger partial charge in [0.05, 0.1) is 0 Å². The van der Waals surface area contributed by atoms with Crippen molar-refractivity contribution < 1.29 is 19.1 Å². The van der Waals surface area contributed by atoms with Crippen molar-refractivity contribution in [3.8, 4) is 0 Å². The first-order valence-electron chi connectivity index (χ1n) is 6.18. The van der Waals surface area contributed by atoms with Gasteiger partial charge in [-0.2, -0.15) is 0 Å². The Morgan fingerprint density at radius 2 is 1.42 bits per heavy atom. The fraction of sp³-hybridized carbons (Fsp3) is 0.769. The van der Waals surface area contributed by atoms with Gasteiger partial charge in [-0.1, -0.05) is 0 Å². The molecule has 1 unspecified atom stereocenters. The van der Waals surface area contributed by atoms with E-state index in [1.165, 1.54) is 0 Å². The molecular weight excluding hydrogens is 248 g/mol. The Kier molecular flexibility index (Phi) is 6.12. The minimum Gasteiger partial charge on any atom is -0.444 e. The van der Waals surface area contributed by atoms with Crippen LogP contribution in [0.3, 0.4) is 0 Å². The number of nitrogens with one attached hydrogen (secondary N) is 2. The van der Waals surface area contributed by atoms with Crippen molar-refractivity contribution in [3.05, 3.63) is 6.92 Å². The molecule has 6 heteroatoms. The first-order chi connectivity index (χ1) is 8.39. The van der Waals surface area contributed by atoms with Gasteiger partial charge in [0.15, 0.2) is 0 Å². The maximum atomic E-state index is 11.4. The fourth-order valence-electron chi connectivity index (χ4n) is 1.05. The Hall–Kier alpha value is -1.46. The van der Waals surface area contributed by atoms with Crippen molar-refractivity contribution in [1.82, 2.24) is 10.6 Å². The first-order valence-corrected chi connectivity index (χ1v) is 6.18. The summed E-state index contributed by atoms with van der Waals surface area (Å²) in [6, 6.07) is -0.498. The highest BCUT2D eigenvalue weighted by Gasteiger charge is 2.19. The predicted octanol–water partition coefficient (Wildman–Crippen LogP) is 2.24. The van der Waals surface area contributed by atoms with Crippen LogP contribution in [0.5, 0.6) is 0 Å². The van der Waals surface area contributed by atoms with E-state index in [1.54, 1.807) is 41.5 Å². The van der Waals surface area contributed by atoms with E-state index in [0.29, 0.717) is 0 Å². The van der Waals surface area contributed by atoms with Gasteiger partial charge in [0.25, 0.3) is 0 Å². The predicted molar refractivity (Wildman–Crippen MR) is 72.8 cm³/mol. The molecule has 1 radical (unpaired) electrons. The van der Waals surface area contributed by atoms with Gasteiger partial charge in [0.2, 0.25) is 0 Å². The largest absolute Gasteiger partial charge is 0.444 e. The molecule has 1 atom stereocenters. The van der Waals surface area contributed by atoms with E-state index < -0.39 is 29.4 Å². The zero-order valence-electron chi connectivity index (χ0n) is 12.6. The summed E-state index contributed by atoms with van der Waals surface area (Å²) in [5, 5.41) is 5.03. The van der Waals surface area contributed by atoms with Crippen molar-refractivity contribution in [3.63, 3.8) is 0 Å². The zero-order valence-corrected chi connectivity index (χ0v) is 12.6. The van der Waals surface area contributed by atoms with Gasteiger partial charge in [-0.05, 0) is 48.5 Å².